The second kappa shape index (κ2) is 11.1. The number of hydrogen-bond acceptors (Lipinski definition) is 7. The Morgan fingerprint density at radius 3 is 2.54 bits per heavy atom. The minimum Gasteiger partial charge on any atom is -0.494 e. The molecule has 0 saturated carbocycles. The highest BCUT2D eigenvalue weighted by atomic mass is 19.1. The van der Waals surface area contributed by atoms with Crippen LogP contribution in [0, 0.1) is 18.6 Å². The number of aryl methyl sites for hydroxylation is 1. The lowest BCUT2D eigenvalue weighted by molar-refractivity contribution is -0.0838. The van der Waals surface area contributed by atoms with Crippen LogP contribution < -0.4 is 10.1 Å². The largest absolute Gasteiger partial charge is 0.494 e. The Labute approximate surface area is 236 Å². The molecule has 2 N–H and O–H groups in total. The summed E-state index contributed by atoms with van der Waals surface area (Å²) in [6, 6.07) is 12.0. The van der Waals surface area contributed by atoms with E-state index in [1.807, 2.05) is 13.0 Å². The van der Waals surface area contributed by atoms with Crippen LogP contribution in [0.5, 0.6) is 5.75 Å². The predicted octanol–water partition coefficient (Wildman–Crippen LogP) is 5.34. The van der Waals surface area contributed by atoms with Crippen LogP contribution in [0.3, 0.4) is 0 Å². The Kier molecular flexibility index (Phi) is 7.72. The van der Waals surface area contributed by atoms with Crippen LogP contribution in [0.4, 0.5) is 8.78 Å². The highest BCUT2D eigenvalue weighted by molar-refractivity contribution is 5.99. The molecule has 0 radical (unpaired) electrons. The van der Waals surface area contributed by atoms with E-state index in [1.165, 1.54) is 51.3 Å². The Morgan fingerprint density at radius 1 is 1.12 bits per heavy atom. The number of ether oxygens (including phenoxy) is 2. The van der Waals surface area contributed by atoms with Gasteiger partial charge >= 0.3 is 0 Å². The molecule has 10 heteroatoms. The molecule has 41 heavy (non-hydrogen) atoms. The Morgan fingerprint density at radius 2 is 1.88 bits per heavy atom. The summed E-state index contributed by atoms with van der Waals surface area (Å²) in [6.07, 6.45) is 2.12. The molecule has 1 saturated heterocycles. The van der Waals surface area contributed by atoms with Crippen molar-refractivity contribution in [3.63, 3.8) is 0 Å². The number of amides is 1. The van der Waals surface area contributed by atoms with E-state index >= 15 is 4.39 Å². The Hall–Kier alpha value is -4.02. The lowest BCUT2D eigenvalue weighted by atomic mass is 9.86. The summed E-state index contributed by atoms with van der Waals surface area (Å²) in [5.41, 5.74) is -0.294. The van der Waals surface area contributed by atoms with E-state index in [9.17, 15) is 14.3 Å². The number of aliphatic hydroxyl groups is 1. The monoisotopic (exact) mass is 562 g/mol. The summed E-state index contributed by atoms with van der Waals surface area (Å²) in [5.74, 6) is -1.11. The number of carbonyl (C=O) groups is 1. The molecule has 0 aliphatic carbocycles. The number of nitrogens with one attached hydrogen (secondary N) is 1. The molecule has 3 heterocycles. The molecular weight excluding hydrogens is 530 g/mol. The second-order valence-corrected chi connectivity index (χ2v) is 10.9. The third kappa shape index (κ3) is 5.75. The van der Waals surface area contributed by atoms with Crippen molar-refractivity contribution in [2.45, 2.75) is 51.2 Å². The van der Waals surface area contributed by atoms with Crippen molar-refractivity contribution in [3.8, 4) is 17.0 Å². The fourth-order valence-corrected chi connectivity index (χ4v) is 5.13. The molecule has 1 aliphatic rings. The van der Waals surface area contributed by atoms with E-state index in [0.29, 0.717) is 52.2 Å². The first-order valence-electron chi connectivity index (χ1n) is 13.4. The van der Waals surface area contributed by atoms with Gasteiger partial charge in [0.15, 0.2) is 5.82 Å². The summed E-state index contributed by atoms with van der Waals surface area (Å²) in [7, 11) is 1.50. The number of methoxy groups -OCH3 is 1. The molecule has 1 fully saturated rings. The van der Waals surface area contributed by atoms with Gasteiger partial charge in [0.05, 0.1) is 30.6 Å². The van der Waals surface area contributed by atoms with Gasteiger partial charge < -0.3 is 19.9 Å². The number of hydrogen-bond donors (Lipinski definition) is 2. The van der Waals surface area contributed by atoms with Gasteiger partial charge in [0.2, 0.25) is 0 Å². The van der Waals surface area contributed by atoms with Crippen LogP contribution in [-0.2, 0) is 15.9 Å². The predicted molar refractivity (Wildman–Crippen MR) is 149 cm³/mol. The highest BCUT2D eigenvalue weighted by Gasteiger charge is 2.40. The molecule has 0 unspecified atom stereocenters. The third-order valence-electron chi connectivity index (χ3n) is 7.35. The van der Waals surface area contributed by atoms with Gasteiger partial charge in [0, 0.05) is 28.7 Å². The van der Waals surface area contributed by atoms with Crippen LogP contribution in [0.25, 0.3) is 22.2 Å². The molecule has 2 aromatic carbocycles. The van der Waals surface area contributed by atoms with Crippen LogP contribution in [0.1, 0.15) is 60.4 Å². The van der Waals surface area contributed by atoms with E-state index in [-0.39, 0.29) is 23.7 Å². The van der Waals surface area contributed by atoms with Crippen molar-refractivity contribution < 1.29 is 28.2 Å². The molecule has 8 nitrogen and oxygen atoms in total. The first-order valence-corrected chi connectivity index (χ1v) is 13.4. The van der Waals surface area contributed by atoms with Gasteiger partial charge in [-0.2, -0.15) is 5.10 Å². The van der Waals surface area contributed by atoms with Crippen LogP contribution in [0.15, 0.2) is 48.5 Å². The van der Waals surface area contributed by atoms with Gasteiger partial charge in [-0.1, -0.05) is 0 Å². The fraction of sp³-hybridized carbons (Fsp3) is 0.355. The van der Waals surface area contributed by atoms with E-state index in [1.54, 1.807) is 12.1 Å². The molecule has 1 aliphatic heterocycles. The second-order valence-electron chi connectivity index (χ2n) is 10.9. The quantitative estimate of drug-likeness (QED) is 0.313. The zero-order valence-electron chi connectivity index (χ0n) is 23.4. The molecule has 2 aromatic heterocycles. The molecule has 0 bridgehead atoms. The number of carbonyl (C=O) groups excluding carboxylic acids is 1. The van der Waals surface area contributed by atoms with Gasteiger partial charge in [-0.3, -0.25) is 4.79 Å². The molecule has 1 atom stereocenters. The van der Waals surface area contributed by atoms with Crippen molar-refractivity contribution in [1.82, 2.24) is 20.5 Å². The van der Waals surface area contributed by atoms with Crippen molar-refractivity contribution in [2.24, 2.45) is 0 Å². The minimum atomic E-state index is -1.54. The van der Waals surface area contributed by atoms with Crippen molar-refractivity contribution in [2.75, 3.05) is 20.3 Å². The van der Waals surface area contributed by atoms with Gasteiger partial charge in [-0.25, -0.2) is 13.8 Å². The van der Waals surface area contributed by atoms with Crippen molar-refractivity contribution in [1.29, 1.82) is 0 Å². The zero-order valence-corrected chi connectivity index (χ0v) is 23.4. The van der Waals surface area contributed by atoms with E-state index in [0.717, 1.165) is 12.8 Å². The lowest BCUT2D eigenvalue weighted by Gasteiger charge is -2.38. The summed E-state index contributed by atoms with van der Waals surface area (Å²) in [6.45, 7) is 5.25. The molecule has 0 spiro atoms. The van der Waals surface area contributed by atoms with Crippen LogP contribution in [0.2, 0.25) is 0 Å². The van der Waals surface area contributed by atoms with Crippen LogP contribution >= 0.6 is 0 Å². The minimum absolute atomic E-state index is 0.0254. The maximum absolute atomic E-state index is 15.7. The standard InChI is InChI=1S/C31H32F2N4O4/c1-18-13-20-14-21(15-24(40-4)27(20)37-36-18)29(38)34-17-31(11-5-6-12-41-31)25-16-23(30(2,3)39)26(33)28(35-25)19-7-9-22(32)10-8-19/h7-10,13-16,39H,5-6,11-12,17H2,1-4H3,(H,34,38)/t31-/m1/s1. The summed E-state index contributed by atoms with van der Waals surface area (Å²) >= 11 is 0. The van der Waals surface area contributed by atoms with Gasteiger partial charge in [-0.05, 0) is 88.6 Å². The van der Waals surface area contributed by atoms with E-state index in [2.05, 4.69) is 20.5 Å². The Balaban J connectivity index is 1.54. The molecule has 214 valence electrons. The highest BCUT2D eigenvalue weighted by Crippen LogP contribution is 2.39. The zero-order chi connectivity index (χ0) is 29.4. The third-order valence-corrected chi connectivity index (χ3v) is 7.35. The number of nitrogens with zero attached hydrogens (tertiary/aromatic N) is 3. The van der Waals surface area contributed by atoms with Gasteiger partial charge in [0.25, 0.3) is 5.91 Å². The average molecular weight is 563 g/mol. The number of fused-ring (bicyclic) bond motifs is 1. The lowest BCUT2D eigenvalue weighted by Crippen LogP contribution is -2.45. The number of aromatic nitrogens is 3. The summed E-state index contributed by atoms with van der Waals surface area (Å²) in [5, 5.41) is 22.8. The molecular formula is C31H32F2N4O4. The summed E-state index contributed by atoms with van der Waals surface area (Å²) < 4.78 is 41.1. The van der Waals surface area contributed by atoms with Gasteiger partial charge in [-0.15, -0.1) is 5.10 Å². The number of halogens is 2. The van der Waals surface area contributed by atoms with Crippen molar-refractivity contribution in [3.05, 3.63) is 82.7 Å². The van der Waals surface area contributed by atoms with E-state index in [4.69, 9.17) is 9.47 Å². The average Bonchev–Trinajstić information content (AvgIpc) is 2.95. The number of pyridine rings is 1. The topological polar surface area (TPSA) is 106 Å². The van der Waals surface area contributed by atoms with Gasteiger partial charge in [0.1, 0.15) is 28.4 Å². The molecule has 5 rings (SSSR count). The maximum atomic E-state index is 15.7. The normalized spacial score (nSPS) is 17.4. The van der Waals surface area contributed by atoms with E-state index < -0.39 is 22.8 Å². The number of benzene rings is 2. The fourth-order valence-electron chi connectivity index (χ4n) is 5.13. The summed E-state index contributed by atoms with van der Waals surface area (Å²) in [4.78, 5) is 18.1. The first-order chi connectivity index (χ1) is 19.5. The van der Waals surface area contributed by atoms with Crippen LogP contribution in [-0.4, -0.2) is 46.5 Å². The molecule has 4 aromatic rings. The SMILES string of the molecule is COc1cc(C(=O)NC[C@@]2(c3cc(C(C)(C)O)c(F)c(-c4ccc(F)cc4)n3)CCCCO2)cc2cc(C)nnc12. The smallest absolute Gasteiger partial charge is 0.251 e. The number of rotatable bonds is 7. The maximum Gasteiger partial charge on any atom is 0.251 e. The van der Waals surface area contributed by atoms with Crippen molar-refractivity contribution >= 4 is 16.8 Å². The first kappa shape index (κ1) is 28.5. The molecule has 1 amide bonds. The Bertz CT molecular complexity index is 1600.